The molecule has 1 aliphatic rings. The molecule has 0 saturated carbocycles. The second kappa shape index (κ2) is 5.27. The Morgan fingerprint density at radius 1 is 1.59 bits per heavy atom. The van der Waals surface area contributed by atoms with Gasteiger partial charge in [-0.1, -0.05) is 0 Å². The second-order valence-corrected chi connectivity index (χ2v) is 4.44. The van der Waals surface area contributed by atoms with Crippen LogP contribution in [0.5, 0.6) is 0 Å². The van der Waals surface area contributed by atoms with Crippen LogP contribution in [0.15, 0.2) is 18.3 Å². The average Bonchev–Trinajstić information content (AvgIpc) is 2.78. The van der Waals surface area contributed by atoms with E-state index in [1.54, 1.807) is 13.3 Å². The van der Waals surface area contributed by atoms with Crippen LogP contribution < -0.4 is 0 Å². The average molecular weight is 234 g/mol. The topological polar surface area (TPSA) is 42.4 Å². The quantitative estimate of drug-likeness (QED) is 0.798. The van der Waals surface area contributed by atoms with Crippen molar-refractivity contribution in [2.45, 2.75) is 25.8 Å². The number of aromatic nitrogens is 1. The maximum absolute atomic E-state index is 12.3. The van der Waals surface area contributed by atoms with Crippen LogP contribution >= 0.6 is 0 Å². The van der Waals surface area contributed by atoms with Crippen molar-refractivity contribution in [1.82, 2.24) is 9.88 Å². The van der Waals surface area contributed by atoms with Crippen LogP contribution in [0.25, 0.3) is 0 Å². The van der Waals surface area contributed by atoms with Crippen LogP contribution in [0.2, 0.25) is 0 Å². The highest BCUT2D eigenvalue weighted by Gasteiger charge is 2.29. The fraction of sp³-hybridized carbons (Fsp3) is 0.538. The molecule has 1 aromatic heterocycles. The molecule has 0 aliphatic carbocycles. The molecule has 17 heavy (non-hydrogen) atoms. The largest absolute Gasteiger partial charge is 0.383 e. The second-order valence-electron chi connectivity index (χ2n) is 4.44. The van der Waals surface area contributed by atoms with Gasteiger partial charge in [-0.15, -0.1) is 0 Å². The molecule has 1 fully saturated rings. The molecule has 92 valence electrons. The van der Waals surface area contributed by atoms with Crippen LogP contribution in [-0.2, 0) is 4.74 Å². The van der Waals surface area contributed by atoms with Crippen molar-refractivity contribution >= 4 is 5.91 Å². The number of hydrogen-bond acceptors (Lipinski definition) is 3. The molecule has 1 aliphatic heterocycles. The van der Waals surface area contributed by atoms with Crippen LogP contribution in [0.1, 0.15) is 28.9 Å². The first-order chi connectivity index (χ1) is 8.22. The first-order valence-corrected chi connectivity index (χ1v) is 5.95. The molecular weight excluding hydrogens is 216 g/mol. The number of carbonyl (C=O) groups is 1. The van der Waals surface area contributed by atoms with E-state index in [2.05, 4.69) is 4.98 Å². The van der Waals surface area contributed by atoms with Crippen molar-refractivity contribution in [2.24, 2.45) is 0 Å². The molecule has 0 unspecified atom stereocenters. The van der Waals surface area contributed by atoms with Gasteiger partial charge in [0.05, 0.1) is 18.2 Å². The van der Waals surface area contributed by atoms with Crippen molar-refractivity contribution in [3.05, 3.63) is 29.6 Å². The number of pyridine rings is 1. The Labute approximate surface area is 102 Å². The first-order valence-electron chi connectivity index (χ1n) is 5.95. The predicted molar refractivity (Wildman–Crippen MR) is 64.9 cm³/mol. The fourth-order valence-corrected chi connectivity index (χ4v) is 2.23. The van der Waals surface area contributed by atoms with E-state index in [1.807, 2.05) is 24.0 Å². The number of rotatable bonds is 3. The highest BCUT2D eigenvalue weighted by Crippen LogP contribution is 2.20. The van der Waals surface area contributed by atoms with Crippen LogP contribution in [0.4, 0.5) is 0 Å². The van der Waals surface area contributed by atoms with Crippen molar-refractivity contribution < 1.29 is 9.53 Å². The summed E-state index contributed by atoms with van der Waals surface area (Å²) in [7, 11) is 1.68. The lowest BCUT2D eigenvalue weighted by atomic mass is 10.2. The maximum Gasteiger partial charge on any atom is 0.255 e. The normalized spacial score (nSPS) is 19.6. The fourth-order valence-electron chi connectivity index (χ4n) is 2.23. The number of aryl methyl sites for hydroxylation is 1. The number of amides is 1. The monoisotopic (exact) mass is 234 g/mol. The van der Waals surface area contributed by atoms with Gasteiger partial charge in [-0.3, -0.25) is 9.78 Å². The van der Waals surface area contributed by atoms with Crippen LogP contribution in [-0.4, -0.2) is 42.1 Å². The number of likely N-dealkylation sites (tertiary alicyclic amines) is 1. The minimum Gasteiger partial charge on any atom is -0.383 e. The van der Waals surface area contributed by atoms with E-state index in [1.165, 1.54) is 0 Å². The van der Waals surface area contributed by atoms with Gasteiger partial charge in [-0.25, -0.2) is 0 Å². The minimum atomic E-state index is 0.0667. The Kier molecular flexibility index (Phi) is 3.74. The van der Waals surface area contributed by atoms with E-state index in [-0.39, 0.29) is 11.9 Å². The first kappa shape index (κ1) is 12.0. The molecule has 1 atom stereocenters. The minimum absolute atomic E-state index is 0.0667. The third-order valence-electron chi connectivity index (χ3n) is 3.16. The third kappa shape index (κ3) is 2.64. The van der Waals surface area contributed by atoms with Gasteiger partial charge >= 0.3 is 0 Å². The Morgan fingerprint density at radius 3 is 3.06 bits per heavy atom. The molecular formula is C13H18N2O2. The Bertz CT molecular complexity index is 389. The number of nitrogens with zero attached hydrogens (tertiary/aromatic N) is 2. The summed E-state index contributed by atoms with van der Waals surface area (Å²) in [5.41, 5.74) is 1.59. The zero-order valence-corrected chi connectivity index (χ0v) is 10.3. The smallest absolute Gasteiger partial charge is 0.255 e. The molecule has 4 heteroatoms. The lowest BCUT2D eigenvalue weighted by molar-refractivity contribution is 0.0630. The zero-order valence-electron chi connectivity index (χ0n) is 10.3. The number of ether oxygens (including phenoxy) is 1. The summed E-state index contributed by atoms with van der Waals surface area (Å²) in [5.74, 6) is 0.0667. The van der Waals surface area contributed by atoms with Gasteiger partial charge in [0.15, 0.2) is 0 Å². The number of methoxy groups -OCH3 is 1. The molecule has 0 spiro atoms. The number of carbonyl (C=O) groups excluding carboxylic acids is 1. The Balaban J connectivity index is 2.11. The zero-order chi connectivity index (χ0) is 12.3. The van der Waals surface area contributed by atoms with Gasteiger partial charge < -0.3 is 9.64 Å². The summed E-state index contributed by atoms with van der Waals surface area (Å²) in [6, 6.07) is 3.93. The van der Waals surface area contributed by atoms with Gasteiger partial charge in [0.1, 0.15) is 0 Å². The molecule has 0 N–H and O–H groups in total. The number of hydrogen-bond donors (Lipinski definition) is 0. The van der Waals surface area contributed by atoms with E-state index in [4.69, 9.17) is 4.74 Å². The molecule has 2 rings (SSSR count). The van der Waals surface area contributed by atoms with Crippen molar-refractivity contribution in [2.75, 3.05) is 20.3 Å². The lowest BCUT2D eigenvalue weighted by Crippen LogP contribution is -2.38. The van der Waals surface area contributed by atoms with Crippen molar-refractivity contribution in [3.63, 3.8) is 0 Å². The predicted octanol–water partition coefficient (Wildman–Crippen LogP) is 1.64. The summed E-state index contributed by atoms with van der Waals surface area (Å²) >= 11 is 0. The van der Waals surface area contributed by atoms with Crippen molar-refractivity contribution in [1.29, 1.82) is 0 Å². The SMILES string of the molecule is COC[C@@H]1CCCN1C(=O)c1ccc(C)nc1. The Morgan fingerprint density at radius 2 is 2.41 bits per heavy atom. The molecule has 4 nitrogen and oxygen atoms in total. The van der Waals surface area contributed by atoms with E-state index >= 15 is 0 Å². The summed E-state index contributed by atoms with van der Waals surface area (Å²) in [6.07, 6.45) is 3.73. The summed E-state index contributed by atoms with van der Waals surface area (Å²) in [4.78, 5) is 18.3. The molecule has 0 bridgehead atoms. The molecule has 1 amide bonds. The van der Waals surface area contributed by atoms with E-state index in [9.17, 15) is 4.79 Å². The standard InChI is InChI=1S/C13H18N2O2/c1-10-5-6-11(8-14-10)13(16)15-7-3-4-12(15)9-17-2/h5-6,8,12H,3-4,7,9H2,1-2H3/t12-/m0/s1. The molecule has 1 saturated heterocycles. The Hall–Kier alpha value is -1.42. The summed E-state index contributed by atoms with van der Waals surface area (Å²) < 4.78 is 5.15. The van der Waals surface area contributed by atoms with Gasteiger partial charge in [0, 0.05) is 25.5 Å². The van der Waals surface area contributed by atoms with E-state index in [0.717, 1.165) is 25.1 Å². The van der Waals surface area contributed by atoms with Crippen LogP contribution in [0.3, 0.4) is 0 Å². The van der Waals surface area contributed by atoms with Gasteiger partial charge in [-0.2, -0.15) is 0 Å². The summed E-state index contributed by atoms with van der Waals surface area (Å²) in [6.45, 7) is 3.35. The van der Waals surface area contributed by atoms with Crippen LogP contribution in [0, 0.1) is 6.92 Å². The lowest BCUT2D eigenvalue weighted by Gasteiger charge is -2.24. The van der Waals surface area contributed by atoms with E-state index in [0.29, 0.717) is 12.2 Å². The maximum atomic E-state index is 12.3. The van der Waals surface area contributed by atoms with E-state index < -0.39 is 0 Å². The van der Waals surface area contributed by atoms with Gasteiger partial charge in [0.2, 0.25) is 0 Å². The highest BCUT2D eigenvalue weighted by atomic mass is 16.5. The molecule has 0 aromatic carbocycles. The van der Waals surface area contributed by atoms with Crippen molar-refractivity contribution in [3.8, 4) is 0 Å². The molecule has 0 radical (unpaired) electrons. The summed E-state index contributed by atoms with van der Waals surface area (Å²) in [5, 5.41) is 0. The molecule has 2 heterocycles. The third-order valence-corrected chi connectivity index (χ3v) is 3.16. The van der Waals surface area contributed by atoms with Gasteiger partial charge in [0.25, 0.3) is 5.91 Å². The highest BCUT2D eigenvalue weighted by molar-refractivity contribution is 5.94. The van der Waals surface area contributed by atoms with Gasteiger partial charge in [-0.05, 0) is 31.9 Å². The molecule has 1 aromatic rings.